The predicted molar refractivity (Wildman–Crippen MR) is 116 cm³/mol. The molecule has 156 valence electrons. The third-order valence-corrected chi connectivity index (χ3v) is 4.60. The van der Waals surface area contributed by atoms with Crippen molar-refractivity contribution in [3.05, 3.63) is 90.4 Å². The van der Waals surface area contributed by atoms with Crippen LogP contribution in [0.1, 0.15) is 17.5 Å². The summed E-state index contributed by atoms with van der Waals surface area (Å²) in [5.74, 6) is -1.32. The maximum absolute atomic E-state index is 14.0. The summed E-state index contributed by atoms with van der Waals surface area (Å²) in [7, 11) is 0. The molecule has 0 fully saturated rings. The molecule has 0 bridgehead atoms. The minimum atomic E-state index is -0.835. The second kappa shape index (κ2) is 8.71. The van der Waals surface area contributed by atoms with E-state index in [1.807, 2.05) is 6.07 Å². The summed E-state index contributed by atoms with van der Waals surface area (Å²) in [6.45, 7) is 1.60. The normalized spacial score (nSPS) is 11.7. The largest absolute Gasteiger partial charge is 0.481 e. The average Bonchev–Trinajstić information content (AvgIpc) is 3.14. The van der Waals surface area contributed by atoms with Crippen LogP contribution >= 0.6 is 0 Å². The molecule has 31 heavy (non-hydrogen) atoms. The molecule has 0 aliphatic rings. The lowest BCUT2D eigenvalue weighted by atomic mass is 10.2. The lowest BCUT2D eigenvalue weighted by molar-refractivity contribution is -0.122. The minimum Gasteiger partial charge on any atom is -0.481 e. The third kappa shape index (κ3) is 4.40. The Morgan fingerprint density at radius 1 is 0.903 bits per heavy atom. The zero-order chi connectivity index (χ0) is 21.8. The molecule has 3 aromatic carbocycles. The van der Waals surface area contributed by atoms with Crippen LogP contribution in [0.15, 0.2) is 83.3 Å². The highest BCUT2D eigenvalue weighted by molar-refractivity contribution is 6.15. The zero-order valence-electron chi connectivity index (χ0n) is 16.6. The molecule has 1 aromatic heterocycles. The van der Waals surface area contributed by atoms with Gasteiger partial charge in [-0.1, -0.05) is 42.5 Å². The molecule has 2 amide bonds. The Hall–Kier alpha value is -4.13. The van der Waals surface area contributed by atoms with E-state index in [4.69, 9.17) is 9.15 Å². The molecule has 1 atom stereocenters. The quantitative estimate of drug-likeness (QED) is 0.449. The van der Waals surface area contributed by atoms with Crippen molar-refractivity contribution >= 4 is 34.2 Å². The van der Waals surface area contributed by atoms with Gasteiger partial charge in [0.25, 0.3) is 11.8 Å². The summed E-state index contributed by atoms with van der Waals surface area (Å²) >= 11 is 0. The van der Waals surface area contributed by atoms with Gasteiger partial charge in [0.05, 0.1) is 5.69 Å². The first kappa shape index (κ1) is 20.2. The van der Waals surface area contributed by atoms with E-state index in [9.17, 15) is 14.0 Å². The number of para-hydroxylation sites is 3. The first-order valence-corrected chi connectivity index (χ1v) is 9.63. The van der Waals surface area contributed by atoms with Gasteiger partial charge in [0, 0.05) is 5.39 Å². The average molecular weight is 418 g/mol. The fourth-order valence-electron chi connectivity index (χ4n) is 3.05. The Morgan fingerprint density at radius 2 is 1.58 bits per heavy atom. The van der Waals surface area contributed by atoms with Gasteiger partial charge < -0.3 is 19.8 Å². The maximum atomic E-state index is 14.0. The van der Waals surface area contributed by atoms with Crippen LogP contribution in [0.2, 0.25) is 0 Å². The van der Waals surface area contributed by atoms with Crippen LogP contribution in [0.25, 0.3) is 11.0 Å². The fraction of sp³-hybridized carbons (Fsp3) is 0.0833. The van der Waals surface area contributed by atoms with Crippen molar-refractivity contribution in [3.8, 4) is 5.75 Å². The van der Waals surface area contributed by atoms with E-state index in [1.165, 1.54) is 18.2 Å². The first-order chi connectivity index (χ1) is 15.0. The second-order valence-corrected chi connectivity index (χ2v) is 6.80. The standard InChI is InChI=1S/C24H19FN2O4/c1-15(30-16-9-3-2-4-10-16)23(28)27-21-17-11-5-8-14-20(17)31-22(21)24(29)26-19-13-7-6-12-18(19)25/h2-15H,1H3,(H,26,29)(H,27,28)/t15-/m1/s1. The van der Waals surface area contributed by atoms with E-state index in [0.717, 1.165) is 0 Å². The Balaban J connectivity index is 1.61. The number of hydrogen-bond acceptors (Lipinski definition) is 4. The lowest BCUT2D eigenvalue weighted by Crippen LogP contribution is -2.30. The molecule has 7 heteroatoms. The molecule has 0 radical (unpaired) electrons. The van der Waals surface area contributed by atoms with Crippen LogP contribution in [0.5, 0.6) is 5.75 Å². The van der Waals surface area contributed by atoms with Crippen molar-refractivity contribution in [2.45, 2.75) is 13.0 Å². The zero-order valence-corrected chi connectivity index (χ0v) is 16.6. The van der Waals surface area contributed by atoms with Gasteiger partial charge in [0.15, 0.2) is 6.10 Å². The van der Waals surface area contributed by atoms with Crippen LogP contribution in [0.3, 0.4) is 0 Å². The van der Waals surface area contributed by atoms with E-state index in [2.05, 4.69) is 10.6 Å². The second-order valence-electron chi connectivity index (χ2n) is 6.80. The Labute approximate surface area is 177 Å². The van der Waals surface area contributed by atoms with Crippen LogP contribution in [0.4, 0.5) is 15.8 Å². The topological polar surface area (TPSA) is 80.6 Å². The van der Waals surface area contributed by atoms with Crippen molar-refractivity contribution in [2.75, 3.05) is 10.6 Å². The number of amides is 2. The van der Waals surface area contributed by atoms with Gasteiger partial charge in [-0.15, -0.1) is 0 Å². The number of benzene rings is 3. The fourth-order valence-corrected chi connectivity index (χ4v) is 3.05. The Morgan fingerprint density at radius 3 is 2.35 bits per heavy atom. The SMILES string of the molecule is C[C@@H](Oc1ccccc1)C(=O)Nc1c(C(=O)Nc2ccccc2F)oc2ccccc12. The minimum absolute atomic E-state index is 0.00557. The molecule has 6 nitrogen and oxygen atoms in total. The summed E-state index contributed by atoms with van der Waals surface area (Å²) in [4.78, 5) is 25.6. The van der Waals surface area contributed by atoms with Crippen LogP contribution in [-0.4, -0.2) is 17.9 Å². The molecule has 2 N–H and O–H groups in total. The van der Waals surface area contributed by atoms with Gasteiger partial charge in [-0.05, 0) is 43.3 Å². The highest BCUT2D eigenvalue weighted by atomic mass is 19.1. The van der Waals surface area contributed by atoms with Gasteiger partial charge >= 0.3 is 0 Å². The summed E-state index contributed by atoms with van der Waals surface area (Å²) in [5.41, 5.74) is 0.608. The van der Waals surface area contributed by atoms with Gasteiger partial charge in [0.2, 0.25) is 5.76 Å². The van der Waals surface area contributed by atoms with Crippen molar-refractivity contribution in [3.63, 3.8) is 0 Å². The monoisotopic (exact) mass is 418 g/mol. The molecule has 0 aliphatic carbocycles. The van der Waals surface area contributed by atoms with Gasteiger partial charge in [-0.25, -0.2) is 4.39 Å². The molecule has 1 heterocycles. The number of carbonyl (C=O) groups is 2. The third-order valence-electron chi connectivity index (χ3n) is 4.60. The summed E-state index contributed by atoms with van der Waals surface area (Å²) < 4.78 is 25.3. The van der Waals surface area contributed by atoms with Gasteiger partial charge in [0.1, 0.15) is 22.8 Å². The number of hydrogen-bond donors (Lipinski definition) is 2. The molecule has 4 aromatic rings. The predicted octanol–water partition coefficient (Wildman–Crippen LogP) is 5.23. The highest BCUT2D eigenvalue weighted by Crippen LogP contribution is 2.32. The molecule has 0 spiro atoms. The van der Waals surface area contributed by atoms with Crippen molar-refractivity contribution in [1.29, 1.82) is 0 Å². The van der Waals surface area contributed by atoms with E-state index in [1.54, 1.807) is 61.5 Å². The number of nitrogens with one attached hydrogen (secondary N) is 2. The molecule has 0 saturated carbocycles. The first-order valence-electron chi connectivity index (χ1n) is 9.63. The van der Waals surface area contributed by atoms with Gasteiger partial charge in [-0.2, -0.15) is 0 Å². The number of rotatable bonds is 6. The maximum Gasteiger partial charge on any atom is 0.293 e. The number of furan rings is 1. The molecule has 0 aliphatic heterocycles. The highest BCUT2D eigenvalue weighted by Gasteiger charge is 2.25. The Kier molecular flexibility index (Phi) is 5.66. The van der Waals surface area contributed by atoms with Crippen LogP contribution in [-0.2, 0) is 4.79 Å². The molecule has 0 unspecified atom stereocenters. The van der Waals surface area contributed by atoms with E-state index >= 15 is 0 Å². The van der Waals surface area contributed by atoms with Crippen LogP contribution in [0, 0.1) is 5.82 Å². The summed E-state index contributed by atoms with van der Waals surface area (Å²) in [6, 6.07) is 21.6. The molecule has 4 rings (SSSR count). The Bertz CT molecular complexity index is 1240. The van der Waals surface area contributed by atoms with E-state index < -0.39 is 23.7 Å². The van der Waals surface area contributed by atoms with Gasteiger partial charge in [-0.3, -0.25) is 9.59 Å². The summed E-state index contributed by atoms with van der Waals surface area (Å²) in [5, 5.41) is 5.75. The van der Waals surface area contributed by atoms with E-state index in [-0.39, 0.29) is 17.1 Å². The van der Waals surface area contributed by atoms with Crippen molar-refractivity contribution in [1.82, 2.24) is 0 Å². The molecular formula is C24H19FN2O4. The van der Waals surface area contributed by atoms with Crippen LogP contribution < -0.4 is 15.4 Å². The number of anilines is 2. The molecule has 0 saturated heterocycles. The number of fused-ring (bicyclic) bond motifs is 1. The summed E-state index contributed by atoms with van der Waals surface area (Å²) in [6.07, 6.45) is -0.835. The number of carbonyl (C=O) groups excluding carboxylic acids is 2. The van der Waals surface area contributed by atoms with Crippen molar-refractivity contribution in [2.24, 2.45) is 0 Å². The smallest absolute Gasteiger partial charge is 0.293 e. The van der Waals surface area contributed by atoms with Crippen molar-refractivity contribution < 1.29 is 23.1 Å². The van der Waals surface area contributed by atoms with E-state index in [0.29, 0.717) is 16.7 Å². The number of ether oxygens (including phenoxy) is 1. The lowest BCUT2D eigenvalue weighted by Gasteiger charge is -2.15. The number of halogens is 1. The molecular weight excluding hydrogens is 399 g/mol.